The van der Waals surface area contributed by atoms with E-state index in [-0.39, 0.29) is 44.8 Å². The van der Waals surface area contributed by atoms with E-state index in [1.807, 2.05) is 0 Å². The van der Waals surface area contributed by atoms with Crippen LogP contribution in [0, 0.1) is 0 Å². The molecule has 0 saturated carbocycles. The number of hydrogen-bond acceptors (Lipinski definition) is 4. The second-order valence-electron chi connectivity index (χ2n) is 2.06. The van der Waals surface area contributed by atoms with Crippen LogP contribution < -0.4 is 15.5 Å². The van der Waals surface area contributed by atoms with Crippen LogP contribution in [0.15, 0.2) is 0 Å². The average molecular weight is 361 g/mol. The Labute approximate surface area is 103 Å². The fourth-order valence-electron chi connectivity index (χ4n) is 0.802. The maximum atomic E-state index is 8.33. The molecule has 6 heteroatoms. The molecule has 4 nitrogen and oxygen atoms in total. The van der Waals surface area contributed by atoms with Crippen molar-refractivity contribution in [3.05, 3.63) is 0 Å². The first-order chi connectivity index (χ1) is 4.73. The molecule has 0 unspecified atom stereocenters. The van der Waals surface area contributed by atoms with E-state index in [2.05, 4.69) is 5.32 Å². The van der Waals surface area contributed by atoms with Gasteiger partial charge in [-0.1, -0.05) is 6.42 Å². The summed E-state index contributed by atoms with van der Waals surface area (Å²) in [6, 6.07) is 0. The first-order valence-corrected chi connectivity index (χ1v) is 3.32. The van der Waals surface area contributed by atoms with E-state index in [1.54, 1.807) is 0 Å². The van der Waals surface area contributed by atoms with Crippen LogP contribution in [0.4, 0.5) is 4.79 Å². The number of carboxylic acid groups (broad SMARTS) is 2. The van der Waals surface area contributed by atoms with Crippen molar-refractivity contribution >= 4 is 6.16 Å². The molecule has 0 spiro atoms. The van der Waals surface area contributed by atoms with Crippen LogP contribution in [0.3, 0.4) is 0 Å². The Morgan fingerprint density at radius 2 is 1.33 bits per heavy atom. The second kappa shape index (κ2) is 14.2. The van der Waals surface area contributed by atoms with Gasteiger partial charge in [0.25, 0.3) is 0 Å². The van der Waals surface area contributed by atoms with Crippen molar-refractivity contribution < 1.29 is 59.8 Å². The van der Waals surface area contributed by atoms with Gasteiger partial charge in [0.1, 0.15) is 0 Å². The molecule has 0 amide bonds. The van der Waals surface area contributed by atoms with Crippen molar-refractivity contribution in [2.24, 2.45) is 0 Å². The molecule has 0 aliphatic carbocycles. The minimum absolute atomic E-state index is 0. The molecule has 0 radical (unpaired) electrons. The Kier molecular flexibility index (Phi) is 21.9. The molecule has 1 aliphatic heterocycles. The molecular formula is C6H11Ag2NO3. The SMILES string of the molecule is C1CCNCC1.O=C([O-])[O-].[Ag+].[Ag+]. The molecule has 0 aromatic heterocycles. The number of rotatable bonds is 0. The molecular weight excluding hydrogens is 350 g/mol. The van der Waals surface area contributed by atoms with Crippen molar-refractivity contribution in [3.8, 4) is 0 Å². The zero-order valence-electron chi connectivity index (χ0n) is 6.36. The number of nitrogens with one attached hydrogen (secondary N) is 1. The molecule has 1 aliphatic rings. The summed E-state index contributed by atoms with van der Waals surface area (Å²) < 4.78 is 0. The summed E-state index contributed by atoms with van der Waals surface area (Å²) in [6.07, 6.45) is 1.88. The summed E-state index contributed by atoms with van der Waals surface area (Å²) in [6.45, 7) is 2.50. The molecule has 0 bridgehead atoms. The van der Waals surface area contributed by atoms with Crippen LogP contribution in [0.1, 0.15) is 19.3 Å². The van der Waals surface area contributed by atoms with E-state index in [1.165, 1.54) is 32.4 Å². The number of carbonyl (C=O) groups excluding carboxylic acids is 1. The molecule has 1 heterocycles. The molecule has 12 heavy (non-hydrogen) atoms. The van der Waals surface area contributed by atoms with Crippen LogP contribution in [0.2, 0.25) is 0 Å². The predicted molar refractivity (Wildman–Crippen MR) is 32.1 cm³/mol. The van der Waals surface area contributed by atoms with Gasteiger partial charge in [-0.25, -0.2) is 0 Å². The van der Waals surface area contributed by atoms with E-state index < -0.39 is 6.16 Å². The molecule has 80 valence electrons. The third kappa shape index (κ3) is 22.4. The van der Waals surface area contributed by atoms with Gasteiger partial charge in [0.05, 0.1) is 0 Å². The van der Waals surface area contributed by atoms with Crippen LogP contribution in [-0.2, 0) is 44.8 Å². The van der Waals surface area contributed by atoms with E-state index in [0.717, 1.165) is 0 Å². The Hall–Kier alpha value is 0.711. The number of hydrogen-bond donors (Lipinski definition) is 1. The van der Waals surface area contributed by atoms with Crippen molar-refractivity contribution in [2.75, 3.05) is 13.1 Å². The predicted octanol–water partition coefficient (Wildman–Crippen LogP) is -1.69. The summed E-state index contributed by atoms with van der Waals surface area (Å²) in [4.78, 5) is 8.33. The van der Waals surface area contributed by atoms with Crippen LogP contribution >= 0.6 is 0 Å². The van der Waals surface area contributed by atoms with Crippen LogP contribution in [-0.4, -0.2) is 19.2 Å². The molecule has 1 saturated heterocycles. The molecule has 1 rings (SSSR count). The minimum atomic E-state index is -2.33. The molecule has 0 aromatic carbocycles. The Morgan fingerprint density at radius 3 is 1.42 bits per heavy atom. The van der Waals surface area contributed by atoms with Gasteiger partial charge < -0.3 is 20.3 Å². The maximum Gasteiger partial charge on any atom is 1.00 e. The van der Waals surface area contributed by atoms with Gasteiger partial charge in [0.2, 0.25) is 0 Å². The van der Waals surface area contributed by atoms with Gasteiger partial charge in [-0.2, -0.15) is 0 Å². The normalized spacial score (nSPS) is 14.0. The van der Waals surface area contributed by atoms with Crippen LogP contribution in [0.5, 0.6) is 0 Å². The average Bonchev–Trinajstić information content (AvgIpc) is 1.90. The van der Waals surface area contributed by atoms with E-state index >= 15 is 0 Å². The molecule has 0 atom stereocenters. The Balaban J connectivity index is -0.000000124. The number of piperidine rings is 1. The van der Waals surface area contributed by atoms with Crippen molar-refractivity contribution in [2.45, 2.75) is 19.3 Å². The molecule has 1 fully saturated rings. The summed E-state index contributed by atoms with van der Waals surface area (Å²) in [5, 5.41) is 20.0. The summed E-state index contributed by atoms with van der Waals surface area (Å²) >= 11 is 0. The molecule has 0 aromatic rings. The first kappa shape index (κ1) is 18.5. The van der Waals surface area contributed by atoms with E-state index in [9.17, 15) is 0 Å². The minimum Gasteiger partial charge on any atom is -0.652 e. The third-order valence-corrected chi connectivity index (χ3v) is 1.21. The second-order valence-corrected chi connectivity index (χ2v) is 2.06. The van der Waals surface area contributed by atoms with Gasteiger partial charge in [-0.3, -0.25) is 0 Å². The Bertz CT molecular complexity index is 83.3. The molecule has 1 N–H and O–H groups in total. The van der Waals surface area contributed by atoms with Gasteiger partial charge in [-0.15, -0.1) is 0 Å². The summed E-state index contributed by atoms with van der Waals surface area (Å²) in [5.74, 6) is 0. The zero-order valence-corrected chi connectivity index (χ0v) is 9.33. The van der Waals surface area contributed by atoms with Gasteiger partial charge >= 0.3 is 44.8 Å². The van der Waals surface area contributed by atoms with Gasteiger partial charge in [0, 0.05) is 0 Å². The van der Waals surface area contributed by atoms with E-state index in [4.69, 9.17) is 15.0 Å². The smallest absolute Gasteiger partial charge is 0.652 e. The topological polar surface area (TPSA) is 75.2 Å². The monoisotopic (exact) mass is 359 g/mol. The van der Waals surface area contributed by atoms with Gasteiger partial charge in [0.15, 0.2) is 0 Å². The maximum absolute atomic E-state index is 8.33. The van der Waals surface area contributed by atoms with E-state index in [0.29, 0.717) is 0 Å². The van der Waals surface area contributed by atoms with Crippen molar-refractivity contribution in [3.63, 3.8) is 0 Å². The fraction of sp³-hybridized carbons (Fsp3) is 0.833. The largest absolute Gasteiger partial charge is 1.00 e. The summed E-state index contributed by atoms with van der Waals surface area (Å²) in [7, 11) is 0. The van der Waals surface area contributed by atoms with Crippen molar-refractivity contribution in [1.82, 2.24) is 5.32 Å². The zero-order chi connectivity index (χ0) is 7.82. The third-order valence-electron chi connectivity index (χ3n) is 1.21. The van der Waals surface area contributed by atoms with Crippen molar-refractivity contribution in [1.29, 1.82) is 0 Å². The quantitative estimate of drug-likeness (QED) is 0.523. The number of carbonyl (C=O) groups is 1. The standard InChI is InChI=1S/C5H11N.CH2O3.2Ag/c1-2-4-6-5-3-1;2-1(3)4;;/h6H,1-5H2;(H2,2,3,4);;/q;;2*+1/p-2. The fourth-order valence-corrected chi connectivity index (χ4v) is 0.802. The first-order valence-electron chi connectivity index (χ1n) is 3.32. The van der Waals surface area contributed by atoms with Crippen LogP contribution in [0.25, 0.3) is 0 Å². The Morgan fingerprint density at radius 1 is 1.00 bits per heavy atom. The summed E-state index contributed by atoms with van der Waals surface area (Å²) in [5.41, 5.74) is 0. The van der Waals surface area contributed by atoms with Gasteiger partial charge in [-0.05, 0) is 32.1 Å².